The molecule has 1 aromatic rings. The SMILES string of the molecule is O=Cc1ccc(C=O)c(=O)[nH]1. The first-order valence-corrected chi connectivity index (χ1v) is 2.91. The Morgan fingerprint density at radius 3 is 2.36 bits per heavy atom. The van der Waals surface area contributed by atoms with Crippen molar-refractivity contribution in [3.05, 3.63) is 33.7 Å². The number of carbonyl (C=O) groups is 2. The number of aldehydes is 2. The third-order valence-corrected chi connectivity index (χ3v) is 1.22. The molecule has 11 heavy (non-hydrogen) atoms. The first-order chi connectivity index (χ1) is 5.27. The molecule has 0 aliphatic carbocycles. The van der Waals surface area contributed by atoms with Gasteiger partial charge in [0.25, 0.3) is 5.56 Å². The van der Waals surface area contributed by atoms with Crippen LogP contribution in [0.4, 0.5) is 0 Å². The summed E-state index contributed by atoms with van der Waals surface area (Å²) < 4.78 is 0. The van der Waals surface area contributed by atoms with Crippen molar-refractivity contribution in [2.45, 2.75) is 0 Å². The molecule has 0 fully saturated rings. The van der Waals surface area contributed by atoms with Crippen LogP contribution in [0.25, 0.3) is 0 Å². The molecule has 0 radical (unpaired) electrons. The maximum Gasteiger partial charge on any atom is 0.259 e. The zero-order chi connectivity index (χ0) is 8.27. The maximum absolute atomic E-state index is 10.8. The van der Waals surface area contributed by atoms with Crippen LogP contribution in [0.2, 0.25) is 0 Å². The molecule has 56 valence electrons. The first kappa shape index (κ1) is 7.40. The number of hydrogen-bond donors (Lipinski definition) is 1. The summed E-state index contributed by atoms with van der Waals surface area (Å²) in [6.07, 6.45) is 0.948. The lowest BCUT2D eigenvalue weighted by atomic mass is 10.3. The van der Waals surface area contributed by atoms with Gasteiger partial charge in [-0.3, -0.25) is 14.4 Å². The van der Waals surface area contributed by atoms with E-state index in [1.165, 1.54) is 12.1 Å². The number of H-pyrrole nitrogens is 1. The molecule has 0 aliphatic heterocycles. The minimum Gasteiger partial charge on any atom is -0.319 e. The van der Waals surface area contributed by atoms with E-state index in [2.05, 4.69) is 4.98 Å². The molecule has 1 N–H and O–H groups in total. The smallest absolute Gasteiger partial charge is 0.259 e. The Balaban J connectivity index is 3.30. The van der Waals surface area contributed by atoms with Gasteiger partial charge in [-0.05, 0) is 12.1 Å². The van der Waals surface area contributed by atoms with Gasteiger partial charge in [0.2, 0.25) is 0 Å². The number of rotatable bonds is 2. The van der Waals surface area contributed by atoms with Crippen LogP contribution >= 0.6 is 0 Å². The van der Waals surface area contributed by atoms with Gasteiger partial charge in [-0.2, -0.15) is 0 Å². The highest BCUT2D eigenvalue weighted by molar-refractivity contribution is 5.76. The fraction of sp³-hybridized carbons (Fsp3) is 0. The molecule has 0 amide bonds. The van der Waals surface area contributed by atoms with Gasteiger partial charge >= 0.3 is 0 Å². The van der Waals surface area contributed by atoms with Crippen LogP contribution in [0.5, 0.6) is 0 Å². The predicted octanol–water partition coefficient (Wildman–Crippen LogP) is -0.0001000. The summed E-state index contributed by atoms with van der Waals surface area (Å²) in [4.78, 5) is 33.2. The zero-order valence-electron chi connectivity index (χ0n) is 5.53. The summed E-state index contributed by atoms with van der Waals surface area (Å²) in [5.74, 6) is 0. The quantitative estimate of drug-likeness (QED) is 0.605. The third kappa shape index (κ3) is 1.40. The van der Waals surface area contributed by atoms with E-state index in [0.29, 0.717) is 12.6 Å². The molecule has 4 nitrogen and oxygen atoms in total. The molecule has 0 atom stereocenters. The summed E-state index contributed by atoms with van der Waals surface area (Å²) in [7, 11) is 0. The van der Waals surface area contributed by atoms with Crippen molar-refractivity contribution in [1.29, 1.82) is 0 Å². The fourth-order valence-corrected chi connectivity index (χ4v) is 0.662. The Morgan fingerprint density at radius 1 is 1.18 bits per heavy atom. The monoisotopic (exact) mass is 151 g/mol. The normalized spacial score (nSPS) is 9.09. The Labute approximate surface area is 61.9 Å². The molecule has 0 aromatic carbocycles. The van der Waals surface area contributed by atoms with Crippen molar-refractivity contribution in [3.8, 4) is 0 Å². The zero-order valence-corrected chi connectivity index (χ0v) is 5.53. The molecule has 0 spiro atoms. The Hall–Kier alpha value is -1.71. The molecule has 1 aromatic heterocycles. The molecule has 4 heteroatoms. The highest BCUT2D eigenvalue weighted by atomic mass is 16.1. The number of nitrogens with one attached hydrogen (secondary N) is 1. The Morgan fingerprint density at radius 2 is 1.91 bits per heavy atom. The standard InChI is InChI=1S/C7H5NO3/c9-3-5-1-2-6(4-10)8-7(5)11/h1-4H,(H,8,11). The van der Waals surface area contributed by atoms with E-state index in [4.69, 9.17) is 0 Å². The van der Waals surface area contributed by atoms with Crippen molar-refractivity contribution in [2.24, 2.45) is 0 Å². The maximum atomic E-state index is 10.8. The van der Waals surface area contributed by atoms with Crippen LogP contribution in [0.3, 0.4) is 0 Å². The van der Waals surface area contributed by atoms with Crippen LogP contribution in [0.1, 0.15) is 20.8 Å². The second-order valence-electron chi connectivity index (χ2n) is 1.93. The molecular formula is C7H5NO3. The first-order valence-electron chi connectivity index (χ1n) is 2.91. The van der Waals surface area contributed by atoms with Gasteiger partial charge < -0.3 is 4.98 Å². The van der Waals surface area contributed by atoms with E-state index in [0.717, 1.165) is 0 Å². The average Bonchev–Trinajstić information content (AvgIpc) is 2.04. The van der Waals surface area contributed by atoms with E-state index >= 15 is 0 Å². The second-order valence-corrected chi connectivity index (χ2v) is 1.93. The van der Waals surface area contributed by atoms with Crippen LogP contribution in [-0.4, -0.2) is 17.6 Å². The lowest BCUT2D eigenvalue weighted by Crippen LogP contribution is -2.12. The average molecular weight is 151 g/mol. The lowest BCUT2D eigenvalue weighted by Gasteiger charge is -1.89. The molecule has 1 heterocycles. The molecule has 0 aliphatic rings. The van der Waals surface area contributed by atoms with Gasteiger partial charge in [0.05, 0.1) is 11.3 Å². The van der Waals surface area contributed by atoms with E-state index < -0.39 is 5.56 Å². The minimum atomic E-state index is -0.537. The van der Waals surface area contributed by atoms with Gasteiger partial charge in [0.15, 0.2) is 12.6 Å². The molecule has 0 saturated heterocycles. The van der Waals surface area contributed by atoms with Gasteiger partial charge in [-0.1, -0.05) is 0 Å². The molecule has 0 saturated carbocycles. The summed E-state index contributed by atoms with van der Waals surface area (Å²) >= 11 is 0. The third-order valence-electron chi connectivity index (χ3n) is 1.22. The highest BCUT2D eigenvalue weighted by Gasteiger charge is 1.96. The van der Waals surface area contributed by atoms with E-state index in [1.54, 1.807) is 0 Å². The van der Waals surface area contributed by atoms with E-state index in [1.807, 2.05) is 0 Å². The van der Waals surface area contributed by atoms with Crippen molar-refractivity contribution >= 4 is 12.6 Å². The van der Waals surface area contributed by atoms with Gasteiger partial charge in [-0.25, -0.2) is 0 Å². The largest absolute Gasteiger partial charge is 0.319 e. The number of hydrogen-bond acceptors (Lipinski definition) is 3. The number of aromatic nitrogens is 1. The Bertz CT molecular complexity index is 340. The number of aromatic amines is 1. The fourth-order valence-electron chi connectivity index (χ4n) is 0.662. The van der Waals surface area contributed by atoms with Crippen molar-refractivity contribution in [2.75, 3.05) is 0 Å². The van der Waals surface area contributed by atoms with E-state index in [-0.39, 0.29) is 11.3 Å². The van der Waals surface area contributed by atoms with Gasteiger partial charge in [0, 0.05) is 0 Å². The molecule has 1 rings (SSSR count). The second kappa shape index (κ2) is 2.92. The lowest BCUT2D eigenvalue weighted by molar-refractivity contribution is 0.110. The van der Waals surface area contributed by atoms with Crippen LogP contribution < -0.4 is 5.56 Å². The van der Waals surface area contributed by atoms with Crippen LogP contribution in [0.15, 0.2) is 16.9 Å². The summed E-state index contributed by atoms with van der Waals surface area (Å²) in [6.45, 7) is 0. The van der Waals surface area contributed by atoms with Crippen LogP contribution in [0, 0.1) is 0 Å². The van der Waals surface area contributed by atoms with Crippen molar-refractivity contribution in [1.82, 2.24) is 4.98 Å². The number of carbonyl (C=O) groups excluding carboxylic acids is 2. The van der Waals surface area contributed by atoms with E-state index in [9.17, 15) is 14.4 Å². The van der Waals surface area contributed by atoms with Gasteiger partial charge in [0.1, 0.15) is 0 Å². The molecule has 0 unspecified atom stereocenters. The summed E-state index contributed by atoms with van der Waals surface area (Å²) in [5, 5.41) is 0. The summed E-state index contributed by atoms with van der Waals surface area (Å²) in [5.41, 5.74) is -0.346. The molecule has 0 bridgehead atoms. The topological polar surface area (TPSA) is 67.0 Å². The highest BCUT2D eigenvalue weighted by Crippen LogP contribution is 1.88. The van der Waals surface area contributed by atoms with Crippen molar-refractivity contribution < 1.29 is 9.59 Å². The number of pyridine rings is 1. The van der Waals surface area contributed by atoms with Crippen molar-refractivity contribution in [3.63, 3.8) is 0 Å². The van der Waals surface area contributed by atoms with Gasteiger partial charge in [-0.15, -0.1) is 0 Å². The summed E-state index contributed by atoms with van der Waals surface area (Å²) in [6, 6.07) is 2.67. The molecular weight excluding hydrogens is 146 g/mol. The van der Waals surface area contributed by atoms with Crippen LogP contribution in [-0.2, 0) is 0 Å². The minimum absolute atomic E-state index is 0.0237. The predicted molar refractivity (Wildman–Crippen MR) is 37.8 cm³/mol. The Kier molecular flexibility index (Phi) is 1.96.